The number of hydrogen-bond acceptors (Lipinski definition) is 3. The molecule has 1 aliphatic heterocycles. The highest BCUT2D eigenvalue weighted by atomic mass is 35.5. The minimum atomic E-state index is -0.419. The quantitative estimate of drug-likeness (QED) is 0.561. The highest BCUT2D eigenvalue weighted by Crippen LogP contribution is 2.37. The Morgan fingerprint density at radius 2 is 2.06 bits per heavy atom. The van der Waals surface area contributed by atoms with E-state index < -0.39 is 5.82 Å². The van der Waals surface area contributed by atoms with Crippen LogP contribution in [0.15, 0.2) is 52.9 Å². The van der Waals surface area contributed by atoms with Gasteiger partial charge in [0, 0.05) is 22.0 Å². The van der Waals surface area contributed by atoms with Gasteiger partial charge in [-0.1, -0.05) is 29.3 Å². The fourth-order valence-electron chi connectivity index (χ4n) is 3.91. The van der Waals surface area contributed by atoms with Crippen LogP contribution in [-0.2, 0) is 11.3 Å². The Hall–Kier alpha value is -2.31. The molecule has 0 radical (unpaired) electrons. The summed E-state index contributed by atoms with van der Waals surface area (Å²) in [5, 5.41) is 3.27. The molecule has 0 aromatic heterocycles. The Bertz CT molecular complexity index is 1040. The van der Waals surface area contributed by atoms with Crippen LogP contribution in [0.3, 0.4) is 0 Å². The first-order valence-corrected chi connectivity index (χ1v) is 11.8. The van der Waals surface area contributed by atoms with Crippen LogP contribution in [0.1, 0.15) is 48.0 Å². The van der Waals surface area contributed by atoms with E-state index in [1.165, 1.54) is 42.3 Å². The summed E-state index contributed by atoms with van der Waals surface area (Å²) in [5.41, 5.74) is 3.28. The van der Waals surface area contributed by atoms with Gasteiger partial charge in [-0.05, 0) is 68.0 Å². The van der Waals surface area contributed by atoms with Gasteiger partial charge in [-0.15, -0.1) is 11.8 Å². The first-order chi connectivity index (χ1) is 15.0. The largest absolute Gasteiger partial charge is 0.352 e. The second-order valence-corrected chi connectivity index (χ2v) is 9.23. The maximum Gasteiger partial charge on any atom is 0.251 e. The van der Waals surface area contributed by atoms with Gasteiger partial charge in [0.2, 0.25) is 5.91 Å². The van der Waals surface area contributed by atoms with E-state index in [0.717, 1.165) is 24.2 Å². The average molecular weight is 459 g/mol. The number of rotatable bonds is 6. The Labute approximate surface area is 190 Å². The molecular formula is C24H24ClFN2O2S. The third-order valence-electron chi connectivity index (χ3n) is 5.62. The monoisotopic (exact) mass is 458 g/mol. The zero-order chi connectivity index (χ0) is 21.8. The average Bonchev–Trinajstić information content (AvgIpc) is 2.77. The van der Waals surface area contributed by atoms with Gasteiger partial charge in [-0.3, -0.25) is 9.59 Å². The molecular weight excluding hydrogens is 435 g/mol. The van der Waals surface area contributed by atoms with Crippen molar-refractivity contribution in [3.8, 4) is 0 Å². The summed E-state index contributed by atoms with van der Waals surface area (Å²) in [4.78, 5) is 27.9. The summed E-state index contributed by atoms with van der Waals surface area (Å²) in [7, 11) is 0. The second-order valence-electron chi connectivity index (χ2n) is 7.80. The van der Waals surface area contributed by atoms with E-state index in [2.05, 4.69) is 11.4 Å². The van der Waals surface area contributed by atoms with Gasteiger partial charge in [0.15, 0.2) is 0 Å². The van der Waals surface area contributed by atoms with E-state index in [-0.39, 0.29) is 23.4 Å². The number of thioether (sulfide) groups is 1. The molecule has 1 aliphatic carbocycles. The van der Waals surface area contributed by atoms with Gasteiger partial charge in [-0.2, -0.15) is 0 Å². The third-order valence-corrected chi connectivity index (χ3v) is 7.02. The van der Waals surface area contributed by atoms with Gasteiger partial charge >= 0.3 is 0 Å². The molecule has 0 unspecified atom stereocenters. The number of allylic oxidation sites excluding steroid dienone is 1. The van der Waals surface area contributed by atoms with Crippen molar-refractivity contribution in [2.75, 3.05) is 17.2 Å². The zero-order valence-electron chi connectivity index (χ0n) is 17.1. The van der Waals surface area contributed by atoms with E-state index in [4.69, 9.17) is 11.6 Å². The van der Waals surface area contributed by atoms with Crippen molar-refractivity contribution in [1.29, 1.82) is 0 Å². The summed E-state index contributed by atoms with van der Waals surface area (Å²) in [5.74, 6) is -0.328. The van der Waals surface area contributed by atoms with E-state index in [0.29, 0.717) is 29.1 Å². The summed E-state index contributed by atoms with van der Waals surface area (Å²) < 4.78 is 13.4. The van der Waals surface area contributed by atoms with Gasteiger partial charge in [0.05, 0.1) is 18.0 Å². The fourth-order valence-corrected chi connectivity index (χ4v) is 5.05. The molecule has 1 N–H and O–H groups in total. The zero-order valence-corrected chi connectivity index (χ0v) is 18.7. The Morgan fingerprint density at radius 1 is 1.19 bits per heavy atom. The Kier molecular flexibility index (Phi) is 6.98. The van der Waals surface area contributed by atoms with Crippen LogP contribution in [0.2, 0.25) is 5.02 Å². The van der Waals surface area contributed by atoms with Crippen LogP contribution in [0.5, 0.6) is 0 Å². The summed E-state index contributed by atoms with van der Waals surface area (Å²) in [6, 6.07) is 9.59. The van der Waals surface area contributed by atoms with Gasteiger partial charge in [0.1, 0.15) is 5.82 Å². The lowest BCUT2D eigenvalue weighted by Crippen LogP contribution is -2.35. The molecule has 2 aliphatic rings. The number of nitrogens with zero attached hydrogens (tertiary/aromatic N) is 1. The van der Waals surface area contributed by atoms with Gasteiger partial charge in [0.25, 0.3) is 5.91 Å². The van der Waals surface area contributed by atoms with Crippen molar-refractivity contribution in [1.82, 2.24) is 5.32 Å². The lowest BCUT2D eigenvalue weighted by Gasteiger charge is -2.29. The summed E-state index contributed by atoms with van der Waals surface area (Å²) >= 11 is 7.63. The molecule has 1 heterocycles. The summed E-state index contributed by atoms with van der Waals surface area (Å²) in [6.45, 7) is 0.828. The molecule has 0 saturated carbocycles. The van der Waals surface area contributed by atoms with Crippen molar-refractivity contribution in [3.63, 3.8) is 0 Å². The highest BCUT2D eigenvalue weighted by molar-refractivity contribution is 8.00. The molecule has 4 nitrogen and oxygen atoms in total. The lowest BCUT2D eigenvalue weighted by molar-refractivity contribution is -0.116. The van der Waals surface area contributed by atoms with Crippen LogP contribution >= 0.6 is 23.4 Å². The number of carbonyl (C=O) groups is 2. The van der Waals surface area contributed by atoms with Gasteiger partial charge in [-0.25, -0.2) is 4.39 Å². The van der Waals surface area contributed by atoms with E-state index in [1.54, 1.807) is 23.1 Å². The molecule has 0 bridgehead atoms. The second kappa shape index (κ2) is 9.88. The Morgan fingerprint density at radius 3 is 2.84 bits per heavy atom. The molecule has 0 atom stereocenters. The third kappa shape index (κ3) is 5.31. The molecule has 2 aromatic rings. The number of benzene rings is 2. The number of hydrogen-bond donors (Lipinski definition) is 1. The number of fused-ring (bicyclic) bond motifs is 1. The van der Waals surface area contributed by atoms with Crippen LogP contribution < -0.4 is 10.2 Å². The minimum Gasteiger partial charge on any atom is -0.352 e. The smallest absolute Gasteiger partial charge is 0.251 e. The van der Waals surface area contributed by atoms with Crippen LogP contribution in [0.25, 0.3) is 0 Å². The first-order valence-electron chi connectivity index (χ1n) is 10.5. The topological polar surface area (TPSA) is 49.4 Å². The lowest BCUT2D eigenvalue weighted by atomic mass is 9.97. The van der Waals surface area contributed by atoms with Crippen LogP contribution in [-0.4, -0.2) is 24.1 Å². The maximum atomic E-state index is 13.4. The highest BCUT2D eigenvalue weighted by Gasteiger charge is 2.26. The molecule has 0 saturated heterocycles. The van der Waals surface area contributed by atoms with E-state index in [1.807, 2.05) is 6.07 Å². The predicted octanol–water partition coefficient (Wildman–Crippen LogP) is 5.74. The normalized spacial score (nSPS) is 16.0. The molecule has 162 valence electrons. The Balaban J connectivity index is 1.49. The number of halogens is 2. The van der Waals surface area contributed by atoms with Crippen molar-refractivity contribution >= 4 is 40.9 Å². The maximum absolute atomic E-state index is 13.4. The van der Waals surface area contributed by atoms with Crippen molar-refractivity contribution < 1.29 is 14.0 Å². The fraction of sp³-hybridized carbons (Fsp3) is 0.333. The van der Waals surface area contributed by atoms with Gasteiger partial charge < -0.3 is 10.2 Å². The van der Waals surface area contributed by atoms with Crippen LogP contribution in [0, 0.1) is 5.82 Å². The number of nitrogens with one attached hydrogen (secondary N) is 1. The number of anilines is 1. The molecule has 2 aromatic carbocycles. The predicted molar refractivity (Wildman–Crippen MR) is 123 cm³/mol. The van der Waals surface area contributed by atoms with E-state index in [9.17, 15) is 14.0 Å². The van der Waals surface area contributed by atoms with Crippen LogP contribution in [0.4, 0.5) is 10.1 Å². The van der Waals surface area contributed by atoms with Crippen molar-refractivity contribution in [3.05, 3.63) is 70.0 Å². The molecule has 31 heavy (non-hydrogen) atoms. The molecule has 0 fully saturated rings. The minimum absolute atomic E-state index is 0.0697. The molecule has 4 rings (SSSR count). The van der Waals surface area contributed by atoms with E-state index >= 15 is 0 Å². The summed E-state index contributed by atoms with van der Waals surface area (Å²) in [6.07, 6.45) is 7.89. The van der Waals surface area contributed by atoms with Crippen molar-refractivity contribution in [2.24, 2.45) is 0 Å². The SMILES string of the molecule is O=C(NCCC1=CCCCC1)c1ccc2c(c1)N(Cc1ccc(F)cc1Cl)C(=O)CS2. The van der Waals surface area contributed by atoms with Crippen molar-refractivity contribution in [2.45, 2.75) is 43.5 Å². The first kappa shape index (κ1) is 21.9. The molecule has 2 amide bonds. The molecule has 0 spiro atoms. The molecule has 7 heteroatoms. The standard InChI is InChI=1S/C24H24ClFN2O2S/c25-20-13-19(26)8-6-18(20)14-28-21-12-17(7-9-22(21)31-15-23(28)29)24(30)27-11-10-16-4-2-1-3-5-16/h4,6-9,12-13H,1-3,5,10-11,14-15H2,(H,27,30). The number of carbonyl (C=O) groups excluding carboxylic acids is 2. The number of amides is 2.